The zero-order chi connectivity index (χ0) is 19.1. The van der Waals surface area contributed by atoms with Gasteiger partial charge in [-0.2, -0.15) is 0 Å². The molecular weight excluding hydrogens is 360 g/mol. The summed E-state index contributed by atoms with van der Waals surface area (Å²) in [6, 6.07) is 13.9. The average Bonchev–Trinajstić information content (AvgIpc) is 3.07. The highest BCUT2D eigenvalue weighted by molar-refractivity contribution is 7.99. The Morgan fingerprint density at radius 3 is 2.81 bits per heavy atom. The summed E-state index contributed by atoms with van der Waals surface area (Å²) < 4.78 is 7.23. The number of aromatic nitrogens is 3. The number of amides is 1. The highest BCUT2D eigenvalue weighted by atomic mass is 32.2. The molecule has 0 bridgehead atoms. The number of aryl methyl sites for hydroxylation is 1. The van der Waals surface area contributed by atoms with Gasteiger partial charge in [0.25, 0.3) is 0 Å². The van der Waals surface area contributed by atoms with Crippen LogP contribution in [0.2, 0.25) is 0 Å². The first-order valence-electron chi connectivity index (χ1n) is 9.04. The first-order valence-corrected chi connectivity index (χ1v) is 10.0. The minimum Gasteiger partial charge on any atom is -0.383 e. The number of hydrogen-bond acceptors (Lipinski definition) is 5. The second-order valence-corrected chi connectivity index (χ2v) is 7.10. The van der Waals surface area contributed by atoms with Crippen LogP contribution in [0, 0.1) is 0 Å². The molecule has 27 heavy (non-hydrogen) atoms. The summed E-state index contributed by atoms with van der Waals surface area (Å²) in [6.45, 7) is 3.39. The van der Waals surface area contributed by atoms with E-state index in [0.29, 0.717) is 13.2 Å². The zero-order valence-corrected chi connectivity index (χ0v) is 16.5. The molecule has 0 atom stereocenters. The molecule has 2 aromatic carbocycles. The van der Waals surface area contributed by atoms with Crippen LogP contribution in [0.4, 0.5) is 5.69 Å². The largest absolute Gasteiger partial charge is 0.383 e. The van der Waals surface area contributed by atoms with Gasteiger partial charge in [0.15, 0.2) is 5.16 Å². The molecule has 3 aromatic rings. The van der Waals surface area contributed by atoms with E-state index < -0.39 is 0 Å². The minimum absolute atomic E-state index is 0.0605. The van der Waals surface area contributed by atoms with Gasteiger partial charge in [0.2, 0.25) is 5.91 Å². The van der Waals surface area contributed by atoms with E-state index in [1.165, 1.54) is 11.8 Å². The van der Waals surface area contributed by atoms with Gasteiger partial charge in [-0.05, 0) is 17.9 Å². The SMILES string of the molecule is CCCc1nnc(SCC(=O)Nc2cccc3ccccc23)n1CCOC. The Kier molecular flexibility index (Phi) is 6.84. The van der Waals surface area contributed by atoms with Crippen LogP contribution in [0.15, 0.2) is 47.6 Å². The van der Waals surface area contributed by atoms with Crippen molar-refractivity contribution in [2.75, 3.05) is 24.8 Å². The fourth-order valence-corrected chi connectivity index (χ4v) is 3.68. The van der Waals surface area contributed by atoms with Crippen LogP contribution in [-0.4, -0.2) is 40.1 Å². The van der Waals surface area contributed by atoms with Gasteiger partial charge in [0, 0.05) is 31.1 Å². The standard InChI is InChI=1S/C20H24N4O2S/c1-3-7-18-22-23-20(24(18)12-13-26-2)27-14-19(25)21-17-11-6-9-15-8-4-5-10-16(15)17/h4-6,8-11H,3,7,12-14H2,1-2H3,(H,21,25). The Morgan fingerprint density at radius 2 is 2.00 bits per heavy atom. The van der Waals surface area contributed by atoms with Crippen molar-refractivity contribution in [3.8, 4) is 0 Å². The predicted octanol–water partition coefficient (Wildman–Crippen LogP) is 3.76. The zero-order valence-electron chi connectivity index (χ0n) is 15.6. The molecule has 0 aliphatic heterocycles. The van der Waals surface area contributed by atoms with Crippen molar-refractivity contribution in [2.45, 2.75) is 31.5 Å². The number of carbonyl (C=O) groups is 1. The molecule has 0 fully saturated rings. The molecule has 0 aliphatic rings. The molecule has 0 radical (unpaired) electrons. The smallest absolute Gasteiger partial charge is 0.234 e. The van der Waals surface area contributed by atoms with E-state index >= 15 is 0 Å². The van der Waals surface area contributed by atoms with Crippen LogP contribution in [0.1, 0.15) is 19.2 Å². The first-order chi connectivity index (χ1) is 13.2. The molecule has 0 unspecified atom stereocenters. The third kappa shape index (κ3) is 4.87. The molecule has 3 rings (SSSR count). The Bertz CT molecular complexity index is 905. The number of ether oxygens (including phenoxy) is 1. The predicted molar refractivity (Wildman–Crippen MR) is 109 cm³/mol. The number of nitrogens with one attached hydrogen (secondary N) is 1. The van der Waals surface area contributed by atoms with Crippen LogP contribution in [0.3, 0.4) is 0 Å². The molecule has 142 valence electrons. The molecule has 7 heteroatoms. The van der Waals surface area contributed by atoms with Crippen molar-refractivity contribution < 1.29 is 9.53 Å². The van der Waals surface area contributed by atoms with E-state index in [1.54, 1.807) is 7.11 Å². The minimum atomic E-state index is -0.0605. The average molecular weight is 385 g/mol. The summed E-state index contributed by atoms with van der Waals surface area (Å²) >= 11 is 1.40. The lowest BCUT2D eigenvalue weighted by molar-refractivity contribution is -0.113. The van der Waals surface area contributed by atoms with Gasteiger partial charge in [-0.25, -0.2) is 0 Å². The lowest BCUT2D eigenvalue weighted by Gasteiger charge is -2.10. The van der Waals surface area contributed by atoms with E-state index in [2.05, 4.69) is 22.4 Å². The molecular formula is C20H24N4O2S. The summed E-state index contributed by atoms with van der Waals surface area (Å²) in [5, 5.41) is 14.4. The van der Waals surface area contributed by atoms with Gasteiger partial charge in [-0.3, -0.25) is 4.79 Å². The van der Waals surface area contributed by atoms with E-state index in [1.807, 2.05) is 47.0 Å². The topological polar surface area (TPSA) is 69.0 Å². The van der Waals surface area contributed by atoms with E-state index in [9.17, 15) is 4.79 Å². The second-order valence-electron chi connectivity index (χ2n) is 6.16. The van der Waals surface area contributed by atoms with Crippen molar-refractivity contribution in [3.05, 3.63) is 48.3 Å². The maximum Gasteiger partial charge on any atom is 0.234 e. The summed E-state index contributed by atoms with van der Waals surface area (Å²) in [6.07, 6.45) is 1.86. The lowest BCUT2D eigenvalue weighted by atomic mass is 10.1. The summed E-state index contributed by atoms with van der Waals surface area (Å²) in [4.78, 5) is 12.5. The lowest BCUT2D eigenvalue weighted by Crippen LogP contribution is -2.15. The number of nitrogens with zero attached hydrogens (tertiary/aromatic N) is 3. The van der Waals surface area contributed by atoms with Gasteiger partial charge < -0.3 is 14.6 Å². The van der Waals surface area contributed by atoms with Crippen LogP contribution >= 0.6 is 11.8 Å². The van der Waals surface area contributed by atoms with Crippen LogP contribution in [0.5, 0.6) is 0 Å². The van der Waals surface area contributed by atoms with E-state index in [0.717, 1.165) is 40.3 Å². The molecule has 0 aliphatic carbocycles. The Balaban J connectivity index is 1.67. The van der Waals surface area contributed by atoms with Gasteiger partial charge in [-0.1, -0.05) is 55.1 Å². The number of rotatable bonds is 9. The summed E-state index contributed by atoms with van der Waals surface area (Å²) in [7, 11) is 1.67. The monoisotopic (exact) mass is 384 g/mol. The highest BCUT2D eigenvalue weighted by Gasteiger charge is 2.14. The molecule has 1 heterocycles. The van der Waals surface area contributed by atoms with E-state index in [-0.39, 0.29) is 11.7 Å². The molecule has 1 N–H and O–H groups in total. The molecule has 0 saturated carbocycles. The van der Waals surface area contributed by atoms with Crippen LogP contribution < -0.4 is 5.32 Å². The van der Waals surface area contributed by atoms with Gasteiger partial charge in [0.1, 0.15) is 5.82 Å². The Labute approximate surface area is 163 Å². The maximum atomic E-state index is 12.5. The third-order valence-electron chi connectivity index (χ3n) is 4.18. The van der Waals surface area contributed by atoms with Crippen LogP contribution in [-0.2, 0) is 22.5 Å². The van der Waals surface area contributed by atoms with E-state index in [4.69, 9.17) is 4.74 Å². The second kappa shape index (κ2) is 9.53. The Hall–Kier alpha value is -2.38. The van der Waals surface area contributed by atoms with Gasteiger partial charge in [-0.15, -0.1) is 10.2 Å². The van der Waals surface area contributed by atoms with Crippen molar-refractivity contribution in [1.82, 2.24) is 14.8 Å². The fraction of sp³-hybridized carbons (Fsp3) is 0.350. The molecule has 0 saturated heterocycles. The number of benzene rings is 2. The molecule has 1 amide bonds. The van der Waals surface area contributed by atoms with Gasteiger partial charge in [0.05, 0.1) is 12.4 Å². The third-order valence-corrected chi connectivity index (χ3v) is 5.15. The van der Waals surface area contributed by atoms with Crippen molar-refractivity contribution in [2.24, 2.45) is 0 Å². The fourth-order valence-electron chi connectivity index (χ4n) is 2.89. The van der Waals surface area contributed by atoms with Gasteiger partial charge >= 0.3 is 0 Å². The van der Waals surface area contributed by atoms with Crippen molar-refractivity contribution in [1.29, 1.82) is 0 Å². The number of thioether (sulfide) groups is 1. The van der Waals surface area contributed by atoms with Crippen LogP contribution in [0.25, 0.3) is 10.8 Å². The van der Waals surface area contributed by atoms with Crippen molar-refractivity contribution in [3.63, 3.8) is 0 Å². The number of fused-ring (bicyclic) bond motifs is 1. The quantitative estimate of drug-likeness (QED) is 0.569. The number of carbonyl (C=O) groups excluding carboxylic acids is 1. The normalized spacial score (nSPS) is 11.0. The number of hydrogen-bond donors (Lipinski definition) is 1. The summed E-state index contributed by atoms with van der Waals surface area (Å²) in [5.41, 5.74) is 0.825. The maximum absolute atomic E-state index is 12.5. The summed E-state index contributed by atoms with van der Waals surface area (Å²) in [5.74, 6) is 1.15. The molecule has 6 nitrogen and oxygen atoms in total. The molecule has 0 spiro atoms. The first kappa shape index (κ1) is 19.4. The van der Waals surface area contributed by atoms with Crippen molar-refractivity contribution >= 4 is 34.1 Å². The number of anilines is 1. The highest BCUT2D eigenvalue weighted by Crippen LogP contribution is 2.24. The molecule has 1 aromatic heterocycles. The Morgan fingerprint density at radius 1 is 1.19 bits per heavy atom. The number of methoxy groups -OCH3 is 1.